The molecule has 2 aromatic rings. The smallest absolute Gasteiger partial charge is 0.251 e. The minimum absolute atomic E-state index is 0.0233. The molecule has 0 radical (unpaired) electrons. The molecule has 1 aliphatic carbocycles. The van der Waals surface area contributed by atoms with Gasteiger partial charge in [-0.15, -0.1) is 0 Å². The van der Waals surface area contributed by atoms with Gasteiger partial charge in [-0.2, -0.15) is 0 Å². The molecule has 1 fully saturated rings. The predicted molar refractivity (Wildman–Crippen MR) is 103 cm³/mol. The molecular weight excluding hydrogens is 364 g/mol. The van der Waals surface area contributed by atoms with Gasteiger partial charge in [-0.3, -0.25) is 4.79 Å². The monoisotopic (exact) mass is 388 g/mol. The van der Waals surface area contributed by atoms with Crippen molar-refractivity contribution in [3.63, 3.8) is 0 Å². The van der Waals surface area contributed by atoms with Crippen LogP contribution in [0.25, 0.3) is 0 Å². The molecule has 6 nitrogen and oxygen atoms in total. The number of sulfonamides is 1. The van der Waals surface area contributed by atoms with Crippen molar-refractivity contribution in [1.29, 1.82) is 0 Å². The Hall–Kier alpha value is -2.38. The van der Waals surface area contributed by atoms with Crippen LogP contribution in [0.5, 0.6) is 5.75 Å². The van der Waals surface area contributed by atoms with Crippen LogP contribution in [-0.2, 0) is 16.6 Å². The van der Waals surface area contributed by atoms with Gasteiger partial charge in [0, 0.05) is 18.2 Å². The van der Waals surface area contributed by atoms with Crippen LogP contribution in [0.3, 0.4) is 0 Å². The van der Waals surface area contributed by atoms with Crippen molar-refractivity contribution in [3.05, 3.63) is 59.7 Å². The topological polar surface area (TPSA) is 84.5 Å². The molecule has 1 amide bonds. The number of benzene rings is 2. The molecule has 0 atom stereocenters. The summed E-state index contributed by atoms with van der Waals surface area (Å²) in [7, 11) is -3.58. The number of carbonyl (C=O) groups is 1. The molecule has 0 unspecified atom stereocenters. The van der Waals surface area contributed by atoms with Crippen LogP contribution in [0.1, 0.15) is 42.6 Å². The summed E-state index contributed by atoms with van der Waals surface area (Å²) in [4.78, 5) is 12.5. The van der Waals surface area contributed by atoms with Crippen molar-refractivity contribution in [2.75, 3.05) is 0 Å². The molecule has 2 N–H and O–H groups in total. The lowest BCUT2D eigenvalue weighted by atomic mass is 10.2. The average Bonchev–Trinajstić information content (AvgIpc) is 3.44. The minimum Gasteiger partial charge on any atom is -0.491 e. The second kappa shape index (κ2) is 8.10. The predicted octanol–water partition coefficient (Wildman–Crippen LogP) is 2.84. The first-order valence-electron chi connectivity index (χ1n) is 9.00. The zero-order valence-corrected chi connectivity index (χ0v) is 16.3. The summed E-state index contributed by atoms with van der Waals surface area (Å²) in [6, 6.07) is 13.6. The van der Waals surface area contributed by atoms with Gasteiger partial charge in [0.25, 0.3) is 5.91 Å². The lowest BCUT2D eigenvalue weighted by molar-refractivity contribution is 0.0950. The zero-order valence-electron chi connectivity index (χ0n) is 15.4. The van der Waals surface area contributed by atoms with Crippen molar-refractivity contribution >= 4 is 15.9 Å². The maximum absolute atomic E-state index is 12.4. The van der Waals surface area contributed by atoms with Crippen molar-refractivity contribution in [3.8, 4) is 5.75 Å². The number of amides is 1. The van der Waals surface area contributed by atoms with Crippen molar-refractivity contribution < 1.29 is 17.9 Å². The number of rotatable bonds is 8. The number of nitrogens with one attached hydrogen (secondary N) is 2. The van der Waals surface area contributed by atoms with Crippen LogP contribution in [0.15, 0.2) is 53.4 Å². The van der Waals surface area contributed by atoms with E-state index in [-0.39, 0.29) is 22.9 Å². The van der Waals surface area contributed by atoms with Gasteiger partial charge < -0.3 is 10.1 Å². The molecule has 0 saturated heterocycles. The minimum atomic E-state index is -3.58. The number of hydrogen-bond donors (Lipinski definition) is 2. The highest BCUT2D eigenvalue weighted by atomic mass is 32.2. The van der Waals surface area contributed by atoms with E-state index >= 15 is 0 Å². The van der Waals surface area contributed by atoms with E-state index in [1.165, 1.54) is 12.1 Å². The molecule has 0 aliphatic heterocycles. The van der Waals surface area contributed by atoms with E-state index in [9.17, 15) is 13.2 Å². The van der Waals surface area contributed by atoms with Crippen molar-refractivity contribution in [2.24, 2.45) is 0 Å². The molecule has 2 aromatic carbocycles. The van der Waals surface area contributed by atoms with E-state index in [4.69, 9.17) is 4.74 Å². The van der Waals surface area contributed by atoms with Crippen LogP contribution in [0, 0.1) is 0 Å². The fourth-order valence-electron chi connectivity index (χ4n) is 2.54. The lowest BCUT2D eigenvalue weighted by Crippen LogP contribution is -2.27. The maximum atomic E-state index is 12.4. The van der Waals surface area contributed by atoms with E-state index in [1.54, 1.807) is 12.1 Å². The van der Waals surface area contributed by atoms with Gasteiger partial charge in [0.1, 0.15) is 5.75 Å². The number of ether oxygens (including phenoxy) is 1. The number of carbonyl (C=O) groups excluding carboxylic acids is 1. The molecule has 144 valence electrons. The molecule has 0 aromatic heterocycles. The first kappa shape index (κ1) is 19.4. The van der Waals surface area contributed by atoms with Crippen LogP contribution < -0.4 is 14.8 Å². The largest absolute Gasteiger partial charge is 0.491 e. The van der Waals surface area contributed by atoms with Gasteiger partial charge in [0.2, 0.25) is 10.0 Å². The van der Waals surface area contributed by atoms with Gasteiger partial charge >= 0.3 is 0 Å². The van der Waals surface area contributed by atoms with E-state index in [0.29, 0.717) is 12.1 Å². The third-order valence-corrected chi connectivity index (χ3v) is 5.57. The average molecular weight is 388 g/mol. The van der Waals surface area contributed by atoms with E-state index in [0.717, 1.165) is 24.2 Å². The fraction of sp³-hybridized carbons (Fsp3) is 0.350. The van der Waals surface area contributed by atoms with Gasteiger partial charge in [0.15, 0.2) is 0 Å². The molecule has 27 heavy (non-hydrogen) atoms. The van der Waals surface area contributed by atoms with E-state index in [1.807, 2.05) is 38.1 Å². The summed E-state index contributed by atoms with van der Waals surface area (Å²) >= 11 is 0. The Bertz CT molecular complexity index is 904. The van der Waals surface area contributed by atoms with Gasteiger partial charge in [0.05, 0.1) is 11.0 Å². The highest BCUT2D eigenvalue weighted by Crippen LogP contribution is 2.22. The Balaban J connectivity index is 1.61. The molecular formula is C20H24N2O4S. The summed E-state index contributed by atoms with van der Waals surface area (Å²) in [6.07, 6.45) is 1.83. The Kier molecular flexibility index (Phi) is 5.82. The molecule has 1 aliphatic rings. The SMILES string of the molecule is CC(C)Oc1ccc(CNC(=O)c2cccc(S(=O)(=O)NC3CC3)c2)cc1. The Labute approximate surface area is 160 Å². The van der Waals surface area contributed by atoms with Crippen LogP contribution in [0.2, 0.25) is 0 Å². The third-order valence-electron chi connectivity index (χ3n) is 4.05. The van der Waals surface area contributed by atoms with Crippen LogP contribution >= 0.6 is 0 Å². The quantitative estimate of drug-likeness (QED) is 0.728. The van der Waals surface area contributed by atoms with E-state index < -0.39 is 10.0 Å². The molecule has 3 rings (SSSR count). The molecule has 0 bridgehead atoms. The second-order valence-corrected chi connectivity index (χ2v) is 8.63. The first-order valence-corrected chi connectivity index (χ1v) is 10.5. The van der Waals surface area contributed by atoms with Gasteiger partial charge in [-0.25, -0.2) is 13.1 Å². The fourth-order valence-corrected chi connectivity index (χ4v) is 3.89. The maximum Gasteiger partial charge on any atom is 0.251 e. The highest BCUT2D eigenvalue weighted by molar-refractivity contribution is 7.89. The van der Waals surface area contributed by atoms with Gasteiger partial charge in [-0.05, 0) is 62.6 Å². The van der Waals surface area contributed by atoms with E-state index in [2.05, 4.69) is 10.0 Å². The molecule has 1 saturated carbocycles. The zero-order chi connectivity index (χ0) is 19.4. The van der Waals surface area contributed by atoms with Crippen molar-refractivity contribution in [1.82, 2.24) is 10.0 Å². The Morgan fingerprint density at radius 3 is 2.48 bits per heavy atom. The van der Waals surface area contributed by atoms with Crippen molar-refractivity contribution in [2.45, 2.75) is 50.3 Å². The molecule has 0 spiro atoms. The Morgan fingerprint density at radius 2 is 1.85 bits per heavy atom. The normalized spacial score (nSPS) is 14.2. The lowest BCUT2D eigenvalue weighted by Gasteiger charge is -2.11. The summed E-state index contributed by atoms with van der Waals surface area (Å²) in [5.41, 5.74) is 1.24. The summed E-state index contributed by atoms with van der Waals surface area (Å²) in [5, 5.41) is 2.81. The molecule has 0 heterocycles. The summed E-state index contributed by atoms with van der Waals surface area (Å²) in [5.74, 6) is 0.460. The van der Waals surface area contributed by atoms with Crippen LogP contribution in [-0.4, -0.2) is 26.5 Å². The van der Waals surface area contributed by atoms with Gasteiger partial charge in [-0.1, -0.05) is 18.2 Å². The number of hydrogen-bond acceptors (Lipinski definition) is 4. The standard InChI is InChI=1S/C20H24N2O4S/c1-14(2)26-18-10-6-15(7-11-18)13-21-20(23)16-4-3-5-19(12-16)27(24,25)22-17-8-9-17/h3-7,10-12,14,17,22H,8-9,13H2,1-2H3,(H,21,23). The summed E-state index contributed by atoms with van der Waals surface area (Å²) < 4.78 is 32.8. The molecule has 7 heteroatoms. The second-order valence-electron chi connectivity index (χ2n) is 6.92. The van der Waals surface area contributed by atoms with Crippen LogP contribution in [0.4, 0.5) is 0 Å². The first-order chi connectivity index (χ1) is 12.8. The third kappa shape index (κ3) is 5.55. The summed E-state index contributed by atoms with van der Waals surface area (Å²) in [6.45, 7) is 4.27. The highest BCUT2D eigenvalue weighted by Gasteiger charge is 2.28. The Morgan fingerprint density at radius 1 is 1.15 bits per heavy atom.